The van der Waals surface area contributed by atoms with E-state index in [2.05, 4.69) is 18.3 Å². The first-order valence-corrected chi connectivity index (χ1v) is 7.57. The molecule has 0 unspecified atom stereocenters. The van der Waals surface area contributed by atoms with Gasteiger partial charge in [-0.2, -0.15) is 0 Å². The molecule has 2 rings (SSSR count). The summed E-state index contributed by atoms with van der Waals surface area (Å²) >= 11 is 6.03. The van der Waals surface area contributed by atoms with Gasteiger partial charge in [-0.1, -0.05) is 18.5 Å². The molecule has 1 heterocycles. The monoisotopic (exact) mass is 307 g/mol. The fourth-order valence-corrected chi connectivity index (χ4v) is 2.69. The number of benzene rings is 1. The van der Waals surface area contributed by atoms with Crippen molar-refractivity contribution >= 4 is 11.6 Å². The number of hydrogen-bond donors (Lipinski definition) is 1. The lowest BCUT2D eigenvalue weighted by Gasteiger charge is -2.11. The Morgan fingerprint density at radius 2 is 1.81 bits per heavy atom. The summed E-state index contributed by atoms with van der Waals surface area (Å²) in [7, 11) is 0. The van der Waals surface area contributed by atoms with E-state index in [4.69, 9.17) is 20.8 Å². The summed E-state index contributed by atoms with van der Waals surface area (Å²) in [6.07, 6.45) is 0. The fourth-order valence-electron chi connectivity index (χ4n) is 2.36. The molecule has 0 spiro atoms. The van der Waals surface area contributed by atoms with Crippen LogP contribution in [0.4, 0.5) is 0 Å². The largest absolute Gasteiger partial charge is 0.485 e. The van der Waals surface area contributed by atoms with Crippen molar-refractivity contribution in [3.05, 3.63) is 51.4 Å². The minimum atomic E-state index is 0.427. The smallest absolute Gasteiger partial charge is 0.146 e. The van der Waals surface area contributed by atoms with Crippen molar-refractivity contribution in [1.82, 2.24) is 5.32 Å². The summed E-state index contributed by atoms with van der Waals surface area (Å²) < 4.78 is 11.7. The molecule has 0 aliphatic carbocycles. The van der Waals surface area contributed by atoms with Crippen molar-refractivity contribution in [3.8, 4) is 5.75 Å². The number of ether oxygens (including phenoxy) is 1. The highest BCUT2D eigenvalue weighted by Crippen LogP contribution is 2.28. The number of nitrogens with one attached hydrogen (secondary N) is 1. The van der Waals surface area contributed by atoms with Gasteiger partial charge in [-0.3, -0.25) is 0 Å². The van der Waals surface area contributed by atoms with E-state index in [-0.39, 0.29) is 0 Å². The molecule has 0 radical (unpaired) electrons. The number of aryl methyl sites for hydroxylation is 3. The Kier molecular flexibility index (Phi) is 5.32. The zero-order chi connectivity index (χ0) is 15.4. The molecule has 1 aromatic heterocycles. The molecule has 4 heteroatoms. The van der Waals surface area contributed by atoms with Crippen LogP contribution in [0, 0.1) is 20.8 Å². The lowest BCUT2D eigenvalue weighted by Crippen LogP contribution is -2.11. The standard InChI is InChI=1S/C17H22ClNO2/c1-5-19-9-14-8-16(21-13(14)4)10-20-17-11(2)6-15(18)7-12(17)3/h6-8,19H,5,9-10H2,1-4H3. The van der Waals surface area contributed by atoms with E-state index in [0.29, 0.717) is 6.61 Å². The second-order valence-electron chi connectivity index (χ2n) is 5.23. The molecule has 0 aliphatic heterocycles. The molecule has 21 heavy (non-hydrogen) atoms. The third-order valence-corrected chi connectivity index (χ3v) is 3.64. The van der Waals surface area contributed by atoms with Crippen LogP contribution in [0.15, 0.2) is 22.6 Å². The Balaban J connectivity index is 2.07. The lowest BCUT2D eigenvalue weighted by atomic mass is 10.1. The highest BCUT2D eigenvalue weighted by Gasteiger charge is 2.10. The second kappa shape index (κ2) is 7.01. The molecule has 0 aliphatic rings. The first kappa shape index (κ1) is 15.9. The van der Waals surface area contributed by atoms with E-state index < -0.39 is 0 Å². The quantitative estimate of drug-likeness (QED) is 0.850. The molecule has 3 nitrogen and oxygen atoms in total. The van der Waals surface area contributed by atoms with E-state index in [1.54, 1.807) is 0 Å². The van der Waals surface area contributed by atoms with Crippen molar-refractivity contribution < 1.29 is 9.15 Å². The Bertz CT molecular complexity index is 596. The Labute approximate surface area is 131 Å². The van der Waals surface area contributed by atoms with E-state index in [1.807, 2.05) is 32.9 Å². The maximum absolute atomic E-state index is 6.03. The topological polar surface area (TPSA) is 34.4 Å². The first-order valence-electron chi connectivity index (χ1n) is 7.19. The SMILES string of the molecule is CCNCc1cc(COc2c(C)cc(Cl)cc2C)oc1C. The van der Waals surface area contributed by atoms with Crippen LogP contribution in [0.2, 0.25) is 5.02 Å². The second-order valence-corrected chi connectivity index (χ2v) is 5.67. The average molecular weight is 308 g/mol. The predicted molar refractivity (Wildman–Crippen MR) is 86.1 cm³/mol. The maximum atomic E-state index is 6.03. The van der Waals surface area contributed by atoms with E-state index >= 15 is 0 Å². The van der Waals surface area contributed by atoms with E-state index in [1.165, 1.54) is 5.56 Å². The summed E-state index contributed by atoms with van der Waals surface area (Å²) in [6, 6.07) is 5.88. The van der Waals surface area contributed by atoms with Crippen LogP contribution in [0.5, 0.6) is 5.75 Å². The number of rotatable bonds is 6. The summed E-state index contributed by atoms with van der Waals surface area (Å²) in [5.41, 5.74) is 3.26. The minimum absolute atomic E-state index is 0.427. The third-order valence-electron chi connectivity index (χ3n) is 3.42. The normalized spacial score (nSPS) is 10.9. The van der Waals surface area contributed by atoms with Gasteiger partial charge in [-0.15, -0.1) is 0 Å². The van der Waals surface area contributed by atoms with Gasteiger partial charge < -0.3 is 14.5 Å². The Morgan fingerprint density at radius 3 is 2.43 bits per heavy atom. The van der Waals surface area contributed by atoms with Gasteiger partial charge in [-0.25, -0.2) is 0 Å². The average Bonchev–Trinajstić information content (AvgIpc) is 2.75. The van der Waals surface area contributed by atoms with Gasteiger partial charge in [0.1, 0.15) is 23.9 Å². The zero-order valence-corrected chi connectivity index (χ0v) is 13.8. The summed E-state index contributed by atoms with van der Waals surface area (Å²) in [5, 5.41) is 4.04. The fraction of sp³-hybridized carbons (Fsp3) is 0.412. The highest BCUT2D eigenvalue weighted by molar-refractivity contribution is 6.30. The van der Waals surface area contributed by atoms with Crippen LogP contribution < -0.4 is 10.1 Å². The van der Waals surface area contributed by atoms with E-state index in [9.17, 15) is 0 Å². The van der Waals surface area contributed by atoms with Crippen molar-refractivity contribution in [2.75, 3.05) is 6.54 Å². The van der Waals surface area contributed by atoms with Gasteiger partial charge in [0.05, 0.1) is 0 Å². The maximum Gasteiger partial charge on any atom is 0.146 e. The molecule has 0 amide bonds. The van der Waals surface area contributed by atoms with Crippen LogP contribution in [0.1, 0.15) is 35.1 Å². The van der Waals surface area contributed by atoms with Gasteiger partial charge in [-0.05, 0) is 56.6 Å². The third kappa shape index (κ3) is 4.02. The van der Waals surface area contributed by atoms with Gasteiger partial charge in [0, 0.05) is 17.1 Å². The van der Waals surface area contributed by atoms with Crippen LogP contribution in [-0.2, 0) is 13.2 Å². The molecular weight excluding hydrogens is 286 g/mol. The van der Waals surface area contributed by atoms with Gasteiger partial charge in [0.15, 0.2) is 0 Å². The van der Waals surface area contributed by atoms with Crippen LogP contribution in [0.3, 0.4) is 0 Å². The van der Waals surface area contributed by atoms with Crippen LogP contribution in [0.25, 0.3) is 0 Å². The number of halogens is 1. The van der Waals surface area contributed by atoms with Crippen molar-refractivity contribution in [1.29, 1.82) is 0 Å². The van der Waals surface area contributed by atoms with Gasteiger partial charge in [0.2, 0.25) is 0 Å². The highest BCUT2D eigenvalue weighted by atomic mass is 35.5. The predicted octanol–water partition coefficient (Wildman–Crippen LogP) is 4.55. The number of furan rings is 1. The number of hydrogen-bond acceptors (Lipinski definition) is 3. The molecule has 0 atom stereocenters. The molecule has 114 valence electrons. The molecular formula is C17H22ClNO2. The Morgan fingerprint density at radius 1 is 1.14 bits per heavy atom. The Hall–Kier alpha value is -1.45. The van der Waals surface area contributed by atoms with E-state index in [0.717, 1.165) is 46.5 Å². The molecule has 0 bridgehead atoms. The molecule has 0 fully saturated rings. The van der Waals surface area contributed by atoms with Crippen molar-refractivity contribution in [2.24, 2.45) is 0 Å². The van der Waals surface area contributed by atoms with Crippen molar-refractivity contribution in [2.45, 2.75) is 40.8 Å². The minimum Gasteiger partial charge on any atom is -0.485 e. The van der Waals surface area contributed by atoms with Crippen LogP contribution in [-0.4, -0.2) is 6.54 Å². The molecule has 0 saturated carbocycles. The molecule has 1 aromatic carbocycles. The van der Waals surface area contributed by atoms with Gasteiger partial charge >= 0.3 is 0 Å². The summed E-state index contributed by atoms with van der Waals surface area (Å²) in [6.45, 7) is 10.3. The van der Waals surface area contributed by atoms with Crippen LogP contribution >= 0.6 is 11.6 Å². The first-order chi connectivity index (χ1) is 10.0. The van der Waals surface area contributed by atoms with Crippen molar-refractivity contribution in [3.63, 3.8) is 0 Å². The van der Waals surface area contributed by atoms with Gasteiger partial charge in [0.25, 0.3) is 0 Å². The summed E-state index contributed by atoms with van der Waals surface area (Å²) in [5.74, 6) is 2.66. The molecule has 2 aromatic rings. The zero-order valence-electron chi connectivity index (χ0n) is 13.0. The lowest BCUT2D eigenvalue weighted by molar-refractivity contribution is 0.264. The molecule has 0 saturated heterocycles. The molecule has 1 N–H and O–H groups in total. The summed E-state index contributed by atoms with van der Waals surface area (Å²) in [4.78, 5) is 0.